The van der Waals surface area contributed by atoms with Crippen molar-refractivity contribution >= 4 is 5.91 Å². The molecule has 0 bridgehead atoms. The van der Waals surface area contributed by atoms with E-state index in [1.54, 1.807) is 0 Å². The first-order valence-electron chi connectivity index (χ1n) is 5.64. The van der Waals surface area contributed by atoms with Crippen LogP contribution in [0, 0.1) is 11.8 Å². The Kier molecular flexibility index (Phi) is 4.39. The van der Waals surface area contributed by atoms with Crippen LogP contribution >= 0.6 is 0 Å². The smallest absolute Gasteiger partial charge is 0.225 e. The number of hydrogen-bond acceptors (Lipinski definition) is 2. The lowest BCUT2D eigenvalue weighted by Crippen LogP contribution is -2.36. The number of nitrogens with two attached hydrogens (primary N) is 1. The van der Waals surface area contributed by atoms with Crippen molar-refractivity contribution in [3.8, 4) is 0 Å². The van der Waals surface area contributed by atoms with E-state index in [9.17, 15) is 4.79 Å². The highest BCUT2D eigenvalue weighted by Crippen LogP contribution is 2.31. The zero-order chi connectivity index (χ0) is 10.6. The highest BCUT2D eigenvalue weighted by Gasteiger charge is 2.33. The summed E-state index contributed by atoms with van der Waals surface area (Å²) in [5, 5.41) is 0. The number of nitrogens with zero attached hydrogens (tertiary/aromatic N) is 1. The molecule has 0 radical (unpaired) electrons. The number of rotatable bonds is 6. The largest absolute Gasteiger partial charge is 0.342 e. The molecule has 82 valence electrons. The molecule has 0 aromatic heterocycles. The van der Waals surface area contributed by atoms with Gasteiger partial charge in [-0.25, -0.2) is 0 Å². The molecule has 0 unspecified atom stereocenters. The first-order valence-corrected chi connectivity index (χ1v) is 5.64. The first kappa shape index (κ1) is 11.5. The second-order valence-corrected chi connectivity index (χ2v) is 4.59. The zero-order valence-electron chi connectivity index (χ0n) is 9.33. The minimum Gasteiger partial charge on any atom is -0.342 e. The van der Waals surface area contributed by atoms with Gasteiger partial charge in [0, 0.05) is 19.0 Å². The van der Waals surface area contributed by atoms with Crippen LogP contribution in [0.3, 0.4) is 0 Å². The molecule has 14 heavy (non-hydrogen) atoms. The maximum atomic E-state index is 11.8. The van der Waals surface area contributed by atoms with Crippen LogP contribution in [-0.4, -0.2) is 30.4 Å². The lowest BCUT2D eigenvalue weighted by Gasteiger charge is -2.24. The van der Waals surface area contributed by atoms with Gasteiger partial charge in [0.1, 0.15) is 0 Å². The molecule has 0 spiro atoms. The standard InChI is InChI=1S/C11H22N2O/c1-9(2)8-13(7-3-6-12)11(14)10-4-5-10/h9-10H,3-8,12H2,1-2H3. The fraction of sp³-hybridized carbons (Fsp3) is 0.909. The van der Waals surface area contributed by atoms with Crippen LogP contribution in [0.25, 0.3) is 0 Å². The van der Waals surface area contributed by atoms with Crippen molar-refractivity contribution in [3.05, 3.63) is 0 Å². The predicted molar refractivity (Wildman–Crippen MR) is 57.8 cm³/mol. The summed E-state index contributed by atoms with van der Waals surface area (Å²) in [5.41, 5.74) is 5.46. The topological polar surface area (TPSA) is 46.3 Å². The van der Waals surface area contributed by atoms with E-state index in [1.807, 2.05) is 4.90 Å². The van der Waals surface area contributed by atoms with Gasteiger partial charge in [0.15, 0.2) is 0 Å². The Balaban J connectivity index is 2.37. The summed E-state index contributed by atoms with van der Waals surface area (Å²) in [6.45, 7) is 6.69. The Morgan fingerprint density at radius 2 is 2.14 bits per heavy atom. The van der Waals surface area contributed by atoms with Crippen molar-refractivity contribution in [2.75, 3.05) is 19.6 Å². The van der Waals surface area contributed by atoms with Crippen molar-refractivity contribution in [1.29, 1.82) is 0 Å². The molecule has 0 aliphatic heterocycles. The molecule has 1 saturated carbocycles. The van der Waals surface area contributed by atoms with Crippen molar-refractivity contribution in [2.24, 2.45) is 17.6 Å². The van der Waals surface area contributed by atoms with Crippen LogP contribution in [0.2, 0.25) is 0 Å². The van der Waals surface area contributed by atoms with Crippen LogP contribution in [-0.2, 0) is 4.79 Å². The van der Waals surface area contributed by atoms with Crippen molar-refractivity contribution < 1.29 is 4.79 Å². The Morgan fingerprint density at radius 3 is 2.57 bits per heavy atom. The summed E-state index contributed by atoms with van der Waals surface area (Å²) < 4.78 is 0. The third-order valence-electron chi connectivity index (χ3n) is 2.46. The van der Waals surface area contributed by atoms with Gasteiger partial charge in [-0.15, -0.1) is 0 Å². The molecule has 0 saturated heterocycles. The maximum Gasteiger partial charge on any atom is 0.225 e. The highest BCUT2D eigenvalue weighted by molar-refractivity contribution is 5.81. The number of carbonyl (C=O) groups excluding carboxylic acids is 1. The Labute approximate surface area is 86.6 Å². The predicted octanol–water partition coefficient (Wildman–Crippen LogP) is 1.23. The molecule has 3 heteroatoms. The summed E-state index contributed by atoms with van der Waals surface area (Å²) in [6, 6.07) is 0. The molecular formula is C11H22N2O. The van der Waals surface area contributed by atoms with Gasteiger partial charge in [-0.05, 0) is 31.7 Å². The van der Waals surface area contributed by atoms with Gasteiger partial charge in [-0.1, -0.05) is 13.8 Å². The van der Waals surface area contributed by atoms with Crippen molar-refractivity contribution in [3.63, 3.8) is 0 Å². The van der Waals surface area contributed by atoms with Gasteiger partial charge in [0.25, 0.3) is 0 Å². The SMILES string of the molecule is CC(C)CN(CCCN)C(=O)C1CC1. The zero-order valence-corrected chi connectivity index (χ0v) is 9.33. The third-order valence-corrected chi connectivity index (χ3v) is 2.46. The van der Waals surface area contributed by atoms with E-state index in [0.717, 1.165) is 32.4 Å². The van der Waals surface area contributed by atoms with Gasteiger partial charge in [0.05, 0.1) is 0 Å². The van der Waals surface area contributed by atoms with Crippen LogP contribution in [0.15, 0.2) is 0 Å². The second kappa shape index (κ2) is 5.35. The third kappa shape index (κ3) is 3.66. The first-order chi connectivity index (χ1) is 6.65. The average molecular weight is 198 g/mol. The van der Waals surface area contributed by atoms with E-state index in [2.05, 4.69) is 13.8 Å². The molecule has 0 heterocycles. The summed E-state index contributed by atoms with van der Waals surface area (Å²) in [6.07, 6.45) is 3.11. The molecule has 0 aromatic rings. The number of hydrogen-bond donors (Lipinski definition) is 1. The molecule has 1 fully saturated rings. The van der Waals surface area contributed by atoms with Crippen LogP contribution in [0.5, 0.6) is 0 Å². The van der Waals surface area contributed by atoms with E-state index >= 15 is 0 Å². The van der Waals surface area contributed by atoms with Crippen LogP contribution in [0.4, 0.5) is 0 Å². The molecule has 3 nitrogen and oxygen atoms in total. The van der Waals surface area contributed by atoms with Gasteiger partial charge in [-0.3, -0.25) is 4.79 Å². The van der Waals surface area contributed by atoms with Gasteiger partial charge < -0.3 is 10.6 Å². The molecule has 0 aromatic carbocycles. The lowest BCUT2D eigenvalue weighted by molar-refractivity contribution is -0.133. The normalized spacial score (nSPS) is 16.0. The number of carbonyl (C=O) groups is 1. The lowest BCUT2D eigenvalue weighted by atomic mass is 10.2. The molecular weight excluding hydrogens is 176 g/mol. The molecule has 1 aliphatic carbocycles. The fourth-order valence-electron chi connectivity index (χ4n) is 1.60. The fourth-order valence-corrected chi connectivity index (χ4v) is 1.60. The molecule has 1 aliphatic rings. The average Bonchev–Trinajstić information content (AvgIpc) is 2.93. The van der Waals surface area contributed by atoms with Crippen molar-refractivity contribution in [2.45, 2.75) is 33.1 Å². The van der Waals surface area contributed by atoms with Gasteiger partial charge in [0.2, 0.25) is 5.91 Å². The van der Waals surface area contributed by atoms with Crippen LogP contribution in [0.1, 0.15) is 33.1 Å². The summed E-state index contributed by atoms with van der Waals surface area (Å²) in [5.74, 6) is 1.24. The van der Waals surface area contributed by atoms with E-state index in [1.165, 1.54) is 0 Å². The van der Waals surface area contributed by atoms with E-state index in [4.69, 9.17) is 5.73 Å². The second-order valence-electron chi connectivity index (χ2n) is 4.59. The van der Waals surface area contributed by atoms with Crippen molar-refractivity contribution in [1.82, 2.24) is 4.90 Å². The monoisotopic (exact) mass is 198 g/mol. The Hall–Kier alpha value is -0.570. The summed E-state index contributed by atoms with van der Waals surface area (Å²) >= 11 is 0. The van der Waals surface area contributed by atoms with E-state index in [-0.39, 0.29) is 0 Å². The summed E-state index contributed by atoms with van der Waals surface area (Å²) in [4.78, 5) is 13.8. The van der Waals surface area contributed by atoms with Crippen LogP contribution < -0.4 is 5.73 Å². The molecule has 1 amide bonds. The Morgan fingerprint density at radius 1 is 1.50 bits per heavy atom. The van der Waals surface area contributed by atoms with Gasteiger partial charge >= 0.3 is 0 Å². The molecule has 0 atom stereocenters. The minimum absolute atomic E-state index is 0.339. The summed E-state index contributed by atoms with van der Waals surface area (Å²) in [7, 11) is 0. The minimum atomic E-state index is 0.339. The van der Waals surface area contributed by atoms with Gasteiger partial charge in [-0.2, -0.15) is 0 Å². The quantitative estimate of drug-likeness (QED) is 0.697. The van der Waals surface area contributed by atoms with E-state index < -0.39 is 0 Å². The maximum absolute atomic E-state index is 11.8. The molecule has 1 rings (SSSR count). The Bertz CT molecular complexity index is 188. The number of amides is 1. The van der Waals surface area contributed by atoms with E-state index in [0.29, 0.717) is 24.3 Å². The molecule has 2 N–H and O–H groups in total. The highest BCUT2D eigenvalue weighted by atomic mass is 16.2.